The average molecular weight is 426 g/mol. The van der Waals surface area contributed by atoms with Crippen LogP contribution in [0.1, 0.15) is 38.8 Å². The molecule has 28 heavy (non-hydrogen) atoms. The summed E-state index contributed by atoms with van der Waals surface area (Å²) in [6, 6.07) is 7.34. The minimum Gasteiger partial charge on any atom is -0.444 e. The molecular weight excluding hydrogens is 401 g/mol. The predicted octanol–water partition coefficient (Wildman–Crippen LogP) is 4.48. The maximum absolute atomic E-state index is 12.3. The van der Waals surface area contributed by atoms with Gasteiger partial charge in [0.2, 0.25) is 0 Å². The standard InChI is InChI=1S/C20H25Cl2N3O3/c1-20(2,3)28-19(27)25-9-8-13(17(26)11-25)16-10-15(23-24(16)4)12-6-5-7-14(21)18(12)22/h5-7,10,13,17,26H,8-9,11H2,1-4H3. The van der Waals surface area contributed by atoms with Crippen LogP contribution in [-0.2, 0) is 11.8 Å². The van der Waals surface area contributed by atoms with Crippen LogP contribution in [0.5, 0.6) is 0 Å². The predicted molar refractivity (Wildman–Crippen MR) is 110 cm³/mol. The lowest BCUT2D eigenvalue weighted by Gasteiger charge is -2.36. The number of aliphatic hydroxyl groups is 1. The summed E-state index contributed by atoms with van der Waals surface area (Å²) >= 11 is 12.4. The number of aliphatic hydroxyl groups excluding tert-OH is 1. The zero-order chi connectivity index (χ0) is 20.6. The molecule has 8 heteroatoms. The first-order chi connectivity index (χ1) is 13.1. The molecule has 1 amide bonds. The van der Waals surface area contributed by atoms with Gasteiger partial charge in [-0.25, -0.2) is 4.79 Å². The SMILES string of the molecule is Cn1nc(-c2cccc(Cl)c2Cl)cc1C1CCN(C(=O)OC(C)(C)C)CC1O. The van der Waals surface area contributed by atoms with E-state index < -0.39 is 17.8 Å². The van der Waals surface area contributed by atoms with Crippen LogP contribution in [0.4, 0.5) is 4.79 Å². The van der Waals surface area contributed by atoms with Gasteiger partial charge in [0, 0.05) is 30.8 Å². The van der Waals surface area contributed by atoms with Crippen molar-refractivity contribution in [3.05, 3.63) is 40.0 Å². The van der Waals surface area contributed by atoms with E-state index in [0.29, 0.717) is 28.7 Å². The van der Waals surface area contributed by atoms with Crippen molar-refractivity contribution in [2.24, 2.45) is 7.05 Å². The highest BCUT2D eigenvalue weighted by Gasteiger charge is 2.35. The van der Waals surface area contributed by atoms with E-state index in [4.69, 9.17) is 27.9 Å². The van der Waals surface area contributed by atoms with Crippen molar-refractivity contribution in [3.8, 4) is 11.3 Å². The van der Waals surface area contributed by atoms with Crippen molar-refractivity contribution < 1.29 is 14.6 Å². The molecule has 0 aliphatic carbocycles. The largest absolute Gasteiger partial charge is 0.444 e. The van der Waals surface area contributed by atoms with Gasteiger partial charge in [-0.1, -0.05) is 35.3 Å². The number of halogens is 2. The van der Waals surface area contributed by atoms with E-state index in [1.54, 1.807) is 15.6 Å². The number of carbonyl (C=O) groups excluding carboxylic acids is 1. The summed E-state index contributed by atoms with van der Waals surface area (Å²) in [5, 5.41) is 16.2. The molecular formula is C20H25Cl2N3O3. The Bertz CT molecular complexity index is 876. The second kappa shape index (κ2) is 7.93. The van der Waals surface area contributed by atoms with Crippen LogP contribution >= 0.6 is 23.2 Å². The molecule has 1 saturated heterocycles. The van der Waals surface area contributed by atoms with E-state index >= 15 is 0 Å². The van der Waals surface area contributed by atoms with Gasteiger partial charge in [-0.2, -0.15) is 5.10 Å². The molecule has 1 aliphatic rings. The van der Waals surface area contributed by atoms with Crippen molar-refractivity contribution in [1.82, 2.24) is 14.7 Å². The zero-order valence-electron chi connectivity index (χ0n) is 16.4. The summed E-state index contributed by atoms with van der Waals surface area (Å²) in [6.07, 6.45) is -0.497. The van der Waals surface area contributed by atoms with Gasteiger partial charge in [0.1, 0.15) is 5.60 Å². The molecule has 1 aliphatic heterocycles. The second-order valence-corrected chi connectivity index (χ2v) is 8.85. The molecule has 152 valence electrons. The number of rotatable bonds is 2. The van der Waals surface area contributed by atoms with Gasteiger partial charge in [0.15, 0.2) is 0 Å². The molecule has 0 spiro atoms. The molecule has 1 N–H and O–H groups in total. The van der Waals surface area contributed by atoms with Crippen LogP contribution in [0.3, 0.4) is 0 Å². The number of likely N-dealkylation sites (tertiary alicyclic amines) is 1. The summed E-state index contributed by atoms with van der Waals surface area (Å²) in [7, 11) is 1.84. The molecule has 2 aromatic rings. The van der Waals surface area contributed by atoms with E-state index in [2.05, 4.69) is 5.10 Å². The van der Waals surface area contributed by atoms with Gasteiger partial charge in [-0.15, -0.1) is 0 Å². The molecule has 1 aromatic carbocycles. The third kappa shape index (κ3) is 4.45. The number of ether oxygens (including phenoxy) is 1. The van der Waals surface area contributed by atoms with Crippen LogP contribution in [0, 0.1) is 0 Å². The van der Waals surface area contributed by atoms with Crippen molar-refractivity contribution in [3.63, 3.8) is 0 Å². The Hall–Kier alpha value is -1.76. The fourth-order valence-electron chi connectivity index (χ4n) is 3.43. The van der Waals surface area contributed by atoms with Gasteiger partial charge < -0.3 is 14.7 Å². The van der Waals surface area contributed by atoms with Crippen LogP contribution in [-0.4, -0.2) is 50.7 Å². The van der Waals surface area contributed by atoms with Gasteiger partial charge in [0.05, 0.1) is 28.4 Å². The molecule has 0 bridgehead atoms. The molecule has 1 fully saturated rings. The number of benzene rings is 1. The number of hydrogen-bond acceptors (Lipinski definition) is 4. The fourth-order valence-corrected chi connectivity index (χ4v) is 3.83. The first kappa shape index (κ1) is 21.0. The average Bonchev–Trinajstić information content (AvgIpc) is 2.97. The Kier molecular flexibility index (Phi) is 5.94. The molecule has 0 radical (unpaired) electrons. The normalized spacial score (nSPS) is 20.3. The maximum atomic E-state index is 12.3. The molecule has 2 atom stereocenters. The van der Waals surface area contributed by atoms with Crippen molar-refractivity contribution in [1.29, 1.82) is 0 Å². The lowest BCUT2D eigenvalue weighted by atomic mass is 9.90. The number of carbonyl (C=O) groups is 1. The Morgan fingerprint density at radius 2 is 2.04 bits per heavy atom. The number of β-amino-alcohol motifs (C(OH)–C–C–N with tert-alkyl or cyclic N) is 1. The Morgan fingerprint density at radius 1 is 1.32 bits per heavy atom. The molecule has 2 unspecified atom stereocenters. The van der Waals surface area contributed by atoms with Crippen molar-refractivity contribution >= 4 is 29.3 Å². The highest BCUT2D eigenvalue weighted by molar-refractivity contribution is 6.43. The van der Waals surface area contributed by atoms with Gasteiger partial charge >= 0.3 is 6.09 Å². The third-order valence-corrected chi connectivity index (χ3v) is 5.58. The van der Waals surface area contributed by atoms with Gasteiger partial charge in [0.25, 0.3) is 0 Å². The Morgan fingerprint density at radius 3 is 2.68 bits per heavy atom. The molecule has 2 heterocycles. The monoisotopic (exact) mass is 425 g/mol. The first-order valence-corrected chi connectivity index (χ1v) is 9.96. The number of hydrogen-bond donors (Lipinski definition) is 1. The molecule has 6 nitrogen and oxygen atoms in total. The molecule has 1 aromatic heterocycles. The molecule has 0 saturated carbocycles. The van der Waals surface area contributed by atoms with E-state index in [0.717, 1.165) is 11.3 Å². The van der Waals surface area contributed by atoms with Crippen molar-refractivity contribution in [2.45, 2.75) is 44.8 Å². The van der Waals surface area contributed by atoms with Crippen LogP contribution in [0.2, 0.25) is 10.0 Å². The minimum absolute atomic E-state index is 0.136. The Balaban J connectivity index is 1.78. The highest BCUT2D eigenvalue weighted by atomic mass is 35.5. The van der Waals surface area contributed by atoms with Crippen LogP contribution in [0.15, 0.2) is 24.3 Å². The van der Waals surface area contributed by atoms with Crippen molar-refractivity contribution in [2.75, 3.05) is 13.1 Å². The van der Waals surface area contributed by atoms with E-state index in [1.807, 2.05) is 46.0 Å². The Labute approximate surface area is 175 Å². The van der Waals surface area contributed by atoms with Crippen LogP contribution < -0.4 is 0 Å². The minimum atomic E-state index is -0.709. The lowest BCUT2D eigenvalue weighted by molar-refractivity contribution is -0.00222. The highest BCUT2D eigenvalue weighted by Crippen LogP contribution is 2.36. The number of aryl methyl sites for hydroxylation is 1. The molecule has 3 rings (SSSR count). The van der Waals surface area contributed by atoms with Gasteiger partial charge in [-0.05, 0) is 39.3 Å². The van der Waals surface area contributed by atoms with E-state index in [9.17, 15) is 9.90 Å². The number of aromatic nitrogens is 2. The second-order valence-electron chi connectivity index (χ2n) is 8.07. The topological polar surface area (TPSA) is 67.6 Å². The summed E-state index contributed by atoms with van der Waals surface area (Å²) in [6.45, 7) is 6.21. The summed E-state index contributed by atoms with van der Waals surface area (Å²) in [5.41, 5.74) is 1.78. The lowest BCUT2D eigenvalue weighted by Crippen LogP contribution is -2.47. The zero-order valence-corrected chi connectivity index (χ0v) is 18.0. The number of piperidine rings is 1. The summed E-state index contributed by atoms with van der Waals surface area (Å²) in [5.74, 6) is -0.136. The third-order valence-electron chi connectivity index (χ3n) is 4.76. The first-order valence-electron chi connectivity index (χ1n) is 9.21. The maximum Gasteiger partial charge on any atom is 0.410 e. The fraction of sp³-hybridized carbons (Fsp3) is 0.500. The quantitative estimate of drug-likeness (QED) is 0.769. The van der Waals surface area contributed by atoms with Gasteiger partial charge in [-0.3, -0.25) is 4.68 Å². The number of amides is 1. The number of nitrogens with zero attached hydrogens (tertiary/aromatic N) is 3. The summed E-state index contributed by atoms with van der Waals surface area (Å²) in [4.78, 5) is 13.8. The van der Waals surface area contributed by atoms with Crippen LogP contribution in [0.25, 0.3) is 11.3 Å². The summed E-state index contributed by atoms with van der Waals surface area (Å²) < 4.78 is 7.16. The van der Waals surface area contributed by atoms with E-state index in [1.165, 1.54) is 0 Å². The smallest absolute Gasteiger partial charge is 0.410 e. The van der Waals surface area contributed by atoms with E-state index in [-0.39, 0.29) is 12.5 Å².